The molecule has 0 aliphatic heterocycles. The number of anilines is 1. The van der Waals surface area contributed by atoms with Gasteiger partial charge in [-0.2, -0.15) is 0 Å². The fourth-order valence-electron chi connectivity index (χ4n) is 1.11. The van der Waals surface area contributed by atoms with Crippen molar-refractivity contribution >= 4 is 17.3 Å². The number of aromatic hydroxyl groups is 1. The van der Waals surface area contributed by atoms with E-state index in [-0.39, 0.29) is 23.0 Å². The number of phenolic OH excluding ortho intramolecular Hbond substituents is 1. The third-order valence-electron chi connectivity index (χ3n) is 2.28. The van der Waals surface area contributed by atoms with Crippen LogP contribution >= 0.6 is 0 Å². The predicted octanol–water partition coefficient (Wildman–Crippen LogP) is 0.847. The van der Waals surface area contributed by atoms with E-state index in [9.17, 15) is 20.0 Å². The summed E-state index contributed by atoms with van der Waals surface area (Å²) in [5, 5.41) is 25.1. The molecule has 3 N–H and O–H groups in total. The summed E-state index contributed by atoms with van der Waals surface area (Å²) in [5.41, 5.74) is -0.179. The van der Waals surface area contributed by atoms with Crippen molar-refractivity contribution in [3.63, 3.8) is 0 Å². The molecule has 0 fully saturated rings. The molecule has 0 aliphatic rings. The van der Waals surface area contributed by atoms with Gasteiger partial charge in [-0.15, -0.1) is 0 Å². The van der Waals surface area contributed by atoms with E-state index in [0.717, 1.165) is 18.2 Å². The molecule has 1 rings (SSSR count). The van der Waals surface area contributed by atoms with Crippen LogP contribution in [0.3, 0.4) is 0 Å². The molecule has 0 spiro atoms. The summed E-state index contributed by atoms with van der Waals surface area (Å²) in [6.07, 6.45) is 0. The van der Waals surface area contributed by atoms with Gasteiger partial charge in [0.15, 0.2) is 0 Å². The minimum absolute atomic E-state index is 0.0197. The van der Waals surface area contributed by atoms with Gasteiger partial charge in [-0.1, -0.05) is 0 Å². The highest BCUT2D eigenvalue weighted by atomic mass is 16.6. The van der Waals surface area contributed by atoms with Crippen molar-refractivity contribution in [2.45, 2.75) is 13.0 Å². The Balaban J connectivity index is 2.94. The van der Waals surface area contributed by atoms with Crippen LogP contribution in [0.5, 0.6) is 5.75 Å². The summed E-state index contributed by atoms with van der Waals surface area (Å²) in [7, 11) is 1.61. The van der Waals surface area contributed by atoms with Crippen molar-refractivity contribution < 1.29 is 14.8 Å². The van der Waals surface area contributed by atoms with Crippen molar-refractivity contribution in [1.82, 2.24) is 5.32 Å². The third kappa shape index (κ3) is 3.15. The molecule has 1 aromatic rings. The first kappa shape index (κ1) is 12.9. The molecular formula is C10H13N3O4. The molecule has 92 valence electrons. The Kier molecular flexibility index (Phi) is 4.00. The summed E-state index contributed by atoms with van der Waals surface area (Å²) >= 11 is 0. The Morgan fingerprint density at radius 3 is 2.71 bits per heavy atom. The lowest BCUT2D eigenvalue weighted by Crippen LogP contribution is -2.35. The average Bonchev–Trinajstić information content (AvgIpc) is 2.30. The van der Waals surface area contributed by atoms with E-state index < -0.39 is 11.0 Å². The minimum atomic E-state index is -0.601. The Morgan fingerprint density at radius 2 is 2.18 bits per heavy atom. The molecule has 0 aliphatic carbocycles. The number of carbonyl (C=O) groups excluding carboxylic acids is 1. The van der Waals surface area contributed by atoms with E-state index in [4.69, 9.17) is 0 Å². The van der Waals surface area contributed by atoms with Crippen molar-refractivity contribution in [3.8, 4) is 5.75 Å². The number of amides is 1. The Labute approximate surface area is 97.6 Å². The van der Waals surface area contributed by atoms with Crippen LogP contribution in [-0.2, 0) is 4.79 Å². The fourth-order valence-corrected chi connectivity index (χ4v) is 1.11. The number of nitro benzene ring substituents is 1. The SMILES string of the molecule is CNC(C)C(=O)Nc1cc([N+](=O)[O-])ccc1O. The number of likely N-dealkylation sites (N-methyl/N-ethyl adjacent to an activating group) is 1. The lowest BCUT2D eigenvalue weighted by atomic mass is 10.2. The van der Waals surface area contributed by atoms with Gasteiger partial charge in [0.2, 0.25) is 5.91 Å². The monoisotopic (exact) mass is 239 g/mol. The average molecular weight is 239 g/mol. The number of phenols is 1. The molecule has 1 aromatic carbocycles. The summed E-state index contributed by atoms with van der Waals surface area (Å²) in [5.74, 6) is -0.601. The van der Waals surface area contributed by atoms with Gasteiger partial charge in [-0.05, 0) is 20.0 Å². The summed E-state index contributed by atoms with van der Waals surface area (Å²) in [6, 6.07) is 2.97. The fraction of sp³-hybridized carbons (Fsp3) is 0.300. The number of hydrogen-bond donors (Lipinski definition) is 3. The van der Waals surface area contributed by atoms with Crippen LogP contribution in [0.4, 0.5) is 11.4 Å². The largest absolute Gasteiger partial charge is 0.506 e. The second kappa shape index (κ2) is 5.26. The number of nitro groups is 1. The Hall–Kier alpha value is -2.15. The van der Waals surface area contributed by atoms with Crippen molar-refractivity contribution in [1.29, 1.82) is 0 Å². The first-order valence-corrected chi connectivity index (χ1v) is 4.91. The topological polar surface area (TPSA) is 104 Å². The Bertz CT molecular complexity index is 447. The number of nitrogens with zero attached hydrogens (tertiary/aromatic N) is 1. The molecule has 0 saturated heterocycles. The molecule has 7 nitrogen and oxygen atoms in total. The maximum atomic E-state index is 11.5. The van der Waals surface area contributed by atoms with Gasteiger partial charge in [-0.25, -0.2) is 0 Å². The van der Waals surface area contributed by atoms with Gasteiger partial charge in [0, 0.05) is 12.1 Å². The van der Waals surface area contributed by atoms with Crippen LogP contribution < -0.4 is 10.6 Å². The third-order valence-corrected chi connectivity index (χ3v) is 2.28. The van der Waals surface area contributed by atoms with Crippen LogP contribution in [0.2, 0.25) is 0 Å². The van der Waals surface area contributed by atoms with Gasteiger partial charge in [0.25, 0.3) is 5.69 Å². The molecule has 1 amide bonds. The van der Waals surface area contributed by atoms with Gasteiger partial charge in [0.05, 0.1) is 16.7 Å². The molecular weight excluding hydrogens is 226 g/mol. The zero-order valence-electron chi connectivity index (χ0n) is 9.43. The molecule has 0 aromatic heterocycles. The maximum absolute atomic E-state index is 11.5. The van der Waals surface area contributed by atoms with Crippen LogP contribution in [-0.4, -0.2) is 29.0 Å². The van der Waals surface area contributed by atoms with Crippen molar-refractivity contribution in [2.75, 3.05) is 12.4 Å². The lowest BCUT2D eigenvalue weighted by molar-refractivity contribution is -0.384. The van der Waals surface area contributed by atoms with Crippen LogP contribution in [0.1, 0.15) is 6.92 Å². The molecule has 17 heavy (non-hydrogen) atoms. The number of benzene rings is 1. The second-order valence-electron chi connectivity index (χ2n) is 3.46. The smallest absolute Gasteiger partial charge is 0.271 e. The standard InChI is InChI=1S/C10H13N3O4/c1-6(11-2)10(15)12-8-5-7(13(16)17)3-4-9(8)14/h3-6,11,14H,1-2H3,(H,12,15). The summed E-state index contributed by atoms with van der Waals surface area (Å²) in [4.78, 5) is 21.5. The van der Waals surface area contributed by atoms with Gasteiger partial charge in [0.1, 0.15) is 5.75 Å². The normalized spacial score (nSPS) is 11.9. The number of rotatable bonds is 4. The van der Waals surface area contributed by atoms with Gasteiger partial charge in [-0.3, -0.25) is 14.9 Å². The van der Waals surface area contributed by atoms with E-state index in [2.05, 4.69) is 10.6 Å². The number of nitrogens with one attached hydrogen (secondary N) is 2. The molecule has 1 atom stereocenters. The quantitative estimate of drug-likeness (QED) is 0.410. The zero-order chi connectivity index (χ0) is 13.0. The second-order valence-corrected chi connectivity index (χ2v) is 3.46. The number of hydrogen-bond acceptors (Lipinski definition) is 5. The van der Waals surface area contributed by atoms with E-state index in [1.165, 1.54) is 0 Å². The molecule has 1 unspecified atom stereocenters. The number of carbonyl (C=O) groups is 1. The van der Waals surface area contributed by atoms with Gasteiger partial charge < -0.3 is 15.7 Å². The number of non-ortho nitro benzene ring substituents is 1. The van der Waals surface area contributed by atoms with E-state index in [0.29, 0.717) is 0 Å². The van der Waals surface area contributed by atoms with E-state index >= 15 is 0 Å². The summed E-state index contributed by atoms with van der Waals surface area (Å²) in [6.45, 7) is 1.63. The van der Waals surface area contributed by atoms with Gasteiger partial charge >= 0.3 is 0 Å². The summed E-state index contributed by atoms with van der Waals surface area (Å²) < 4.78 is 0. The van der Waals surface area contributed by atoms with Crippen LogP contribution in [0.25, 0.3) is 0 Å². The first-order chi connectivity index (χ1) is 7.95. The lowest BCUT2D eigenvalue weighted by Gasteiger charge is -2.11. The van der Waals surface area contributed by atoms with E-state index in [1.807, 2.05) is 0 Å². The highest BCUT2D eigenvalue weighted by molar-refractivity contribution is 5.96. The maximum Gasteiger partial charge on any atom is 0.271 e. The van der Waals surface area contributed by atoms with Crippen LogP contribution in [0, 0.1) is 10.1 Å². The van der Waals surface area contributed by atoms with Crippen molar-refractivity contribution in [2.24, 2.45) is 0 Å². The molecule has 0 bridgehead atoms. The Morgan fingerprint density at radius 1 is 1.53 bits per heavy atom. The van der Waals surface area contributed by atoms with Crippen molar-refractivity contribution in [3.05, 3.63) is 28.3 Å². The predicted molar refractivity (Wildman–Crippen MR) is 61.9 cm³/mol. The zero-order valence-corrected chi connectivity index (χ0v) is 9.43. The molecule has 0 radical (unpaired) electrons. The highest BCUT2D eigenvalue weighted by Crippen LogP contribution is 2.27. The van der Waals surface area contributed by atoms with Crippen LogP contribution in [0.15, 0.2) is 18.2 Å². The first-order valence-electron chi connectivity index (χ1n) is 4.91. The molecule has 0 saturated carbocycles. The molecule has 7 heteroatoms. The van der Waals surface area contributed by atoms with E-state index in [1.54, 1.807) is 14.0 Å². The minimum Gasteiger partial charge on any atom is -0.506 e. The molecule has 0 heterocycles. The highest BCUT2D eigenvalue weighted by Gasteiger charge is 2.15.